The first-order valence-corrected chi connectivity index (χ1v) is 9.34. The fraction of sp³-hybridized carbons (Fsp3) is 0.579. The number of aromatic nitrogens is 4. The van der Waals surface area contributed by atoms with Crippen molar-refractivity contribution in [3.63, 3.8) is 0 Å². The molecule has 1 N–H and O–H groups in total. The number of carbonyl (C=O) groups excluding carboxylic acids is 1. The molecule has 2 aliphatic rings. The molecule has 1 aliphatic heterocycles. The largest absolute Gasteiger partial charge is 0.355 e. The maximum absolute atomic E-state index is 12.4. The van der Waals surface area contributed by atoms with Gasteiger partial charge in [-0.1, -0.05) is 0 Å². The molecule has 6 nitrogen and oxygen atoms in total. The molecule has 2 aromatic heterocycles. The Morgan fingerprint density at radius 1 is 1.32 bits per heavy atom. The molecule has 2 aromatic rings. The molecule has 6 heteroatoms. The highest BCUT2D eigenvalue weighted by Crippen LogP contribution is 2.22. The Balaban J connectivity index is 1.32. The molecule has 0 spiro atoms. The number of nitrogens with one attached hydrogen (secondary N) is 1. The Bertz CT molecular complexity index is 782. The normalized spacial score (nSPS) is 19.2. The Morgan fingerprint density at radius 2 is 2.20 bits per heavy atom. The SMILES string of the molecule is Cc1nc(CCNC(=O)C2CCn3nccc3C2)nc2c1CCCC2. The summed E-state index contributed by atoms with van der Waals surface area (Å²) >= 11 is 0. The van der Waals surface area contributed by atoms with E-state index in [1.54, 1.807) is 0 Å². The molecule has 0 aromatic carbocycles. The minimum Gasteiger partial charge on any atom is -0.355 e. The van der Waals surface area contributed by atoms with Gasteiger partial charge in [0.15, 0.2) is 0 Å². The highest BCUT2D eigenvalue weighted by Gasteiger charge is 2.24. The fourth-order valence-electron chi connectivity index (χ4n) is 3.99. The molecule has 0 radical (unpaired) electrons. The molecule has 0 fully saturated rings. The van der Waals surface area contributed by atoms with E-state index >= 15 is 0 Å². The molecule has 3 heterocycles. The Labute approximate surface area is 148 Å². The van der Waals surface area contributed by atoms with Crippen LogP contribution in [0.1, 0.15) is 47.7 Å². The van der Waals surface area contributed by atoms with E-state index in [0.717, 1.165) is 49.4 Å². The van der Waals surface area contributed by atoms with E-state index in [0.29, 0.717) is 13.0 Å². The predicted octanol–water partition coefficient (Wildman–Crippen LogP) is 1.78. The molecule has 1 unspecified atom stereocenters. The van der Waals surface area contributed by atoms with E-state index in [4.69, 9.17) is 4.98 Å². The zero-order valence-electron chi connectivity index (χ0n) is 14.8. The van der Waals surface area contributed by atoms with E-state index < -0.39 is 0 Å². The third kappa shape index (κ3) is 3.43. The van der Waals surface area contributed by atoms with E-state index in [1.807, 2.05) is 16.9 Å². The van der Waals surface area contributed by atoms with Crippen LogP contribution in [-0.2, 0) is 37.0 Å². The van der Waals surface area contributed by atoms with Crippen LogP contribution in [0.15, 0.2) is 12.3 Å². The van der Waals surface area contributed by atoms with Gasteiger partial charge in [0.2, 0.25) is 5.91 Å². The van der Waals surface area contributed by atoms with Gasteiger partial charge < -0.3 is 5.32 Å². The van der Waals surface area contributed by atoms with Crippen molar-refractivity contribution in [2.24, 2.45) is 5.92 Å². The molecular weight excluding hydrogens is 314 g/mol. The summed E-state index contributed by atoms with van der Waals surface area (Å²) in [6.07, 6.45) is 8.78. The lowest BCUT2D eigenvalue weighted by Gasteiger charge is -2.22. The summed E-state index contributed by atoms with van der Waals surface area (Å²) < 4.78 is 1.99. The summed E-state index contributed by atoms with van der Waals surface area (Å²) in [5, 5.41) is 7.34. The van der Waals surface area contributed by atoms with Crippen LogP contribution < -0.4 is 5.32 Å². The molecule has 0 saturated carbocycles. The second kappa shape index (κ2) is 6.94. The van der Waals surface area contributed by atoms with Crippen LogP contribution in [0.5, 0.6) is 0 Å². The van der Waals surface area contributed by atoms with Crippen molar-refractivity contribution in [3.05, 3.63) is 40.7 Å². The summed E-state index contributed by atoms with van der Waals surface area (Å²) in [6, 6.07) is 2.00. The topological polar surface area (TPSA) is 72.7 Å². The third-order valence-corrected chi connectivity index (χ3v) is 5.40. The first-order chi connectivity index (χ1) is 12.2. The van der Waals surface area contributed by atoms with Gasteiger partial charge in [-0.3, -0.25) is 9.48 Å². The van der Waals surface area contributed by atoms with Gasteiger partial charge >= 0.3 is 0 Å². The van der Waals surface area contributed by atoms with Gasteiger partial charge in [-0.2, -0.15) is 5.10 Å². The molecule has 132 valence electrons. The molecule has 1 atom stereocenters. The number of amides is 1. The van der Waals surface area contributed by atoms with Crippen LogP contribution in [0, 0.1) is 12.8 Å². The standard InChI is InChI=1S/C19H25N5O/c1-13-16-4-2-3-5-17(16)23-18(22-13)7-9-20-19(25)14-8-11-24-15(12-14)6-10-21-24/h6,10,14H,2-5,7-9,11-12H2,1H3,(H,20,25). The Kier molecular flexibility index (Phi) is 4.51. The summed E-state index contributed by atoms with van der Waals surface area (Å²) in [7, 11) is 0. The van der Waals surface area contributed by atoms with Crippen LogP contribution >= 0.6 is 0 Å². The van der Waals surface area contributed by atoms with Crippen LogP contribution in [0.3, 0.4) is 0 Å². The summed E-state index contributed by atoms with van der Waals surface area (Å²) in [5.74, 6) is 1.05. The lowest BCUT2D eigenvalue weighted by molar-refractivity contribution is -0.125. The minimum atomic E-state index is 0.0513. The summed E-state index contributed by atoms with van der Waals surface area (Å²) in [5.41, 5.74) is 4.84. The van der Waals surface area contributed by atoms with Gasteiger partial charge in [0.25, 0.3) is 0 Å². The van der Waals surface area contributed by atoms with Crippen molar-refractivity contribution in [2.45, 2.75) is 58.4 Å². The van der Waals surface area contributed by atoms with Crippen LogP contribution in [0.25, 0.3) is 0 Å². The number of nitrogens with zero attached hydrogens (tertiary/aromatic N) is 4. The minimum absolute atomic E-state index is 0.0513. The quantitative estimate of drug-likeness (QED) is 0.922. The smallest absolute Gasteiger partial charge is 0.223 e. The molecule has 0 bridgehead atoms. The zero-order chi connectivity index (χ0) is 17.2. The highest BCUT2D eigenvalue weighted by molar-refractivity contribution is 5.79. The lowest BCUT2D eigenvalue weighted by atomic mass is 9.95. The summed E-state index contributed by atoms with van der Waals surface area (Å²) in [4.78, 5) is 21.8. The predicted molar refractivity (Wildman–Crippen MR) is 94.2 cm³/mol. The van der Waals surface area contributed by atoms with Crippen molar-refractivity contribution in [1.29, 1.82) is 0 Å². The molecule has 0 saturated heterocycles. The van der Waals surface area contributed by atoms with Gasteiger partial charge in [0, 0.05) is 55.1 Å². The van der Waals surface area contributed by atoms with E-state index in [-0.39, 0.29) is 11.8 Å². The zero-order valence-corrected chi connectivity index (χ0v) is 14.8. The van der Waals surface area contributed by atoms with E-state index in [2.05, 4.69) is 22.3 Å². The molecule has 1 aliphatic carbocycles. The van der Waals surface area contributed by atoms with E-state index in [1.165, 1.54) is 24.1 Å². The average Bonchev–Trinajstić information content (AvgIpc) is 3.09. The van der Waals surface area contributed by atoms with Gasteiger partial charge in [0.1, 0.15) is 5.82 Å². The van der Waals surface area contributed by atoms with Crippen LogP contribution in [-0.4, -0.2) is 32.2 Å². The van der Waals surface area contributed by atoms with Gasteiger partial charge in [0.05, 0.1) is 0 Å². The van der Waals surface area contributed by atoms with Crippen molar-refractivity contribution >= 4 is 5.91 Å². The third-order valence-electron chi connectivity index (χ3n) is 5.40. The average molecular weight is 339 g/mol. The number of hydrogen-bond acceptors (Lipinski definition) is 4. The van der Waals surface area contributed by atoms with Crippen molar-refractivity contribution < 1.29 is 4.79 Å². The molecule has 25 heavy (non-hydrogen) atoms. The maximum atomic E-state index is 12.4. The molecule has 4 rings (SSSR count). The van der Waals surface area contributed by atoms with Crippen molar-refractivity contribution in [1.82, 2.24) is 25.1 Å². The first-order valence-electron chi connectivity index (χ1n) is 9.34. The van der Waals surface area contributed by atoms with E-state index in [9.17, 15) is 4.79 Å². The molecule has 1 amide bonds. The Morgan fingerprint density at radius 3 is 3.12 bits per heavy atom. The van der Waals surface area contributed by atoms with Gasteiger partial charge in [-0.25, -0.2) is 9.97 Å². The Hall–Kier alpha value is -2.24. The van der Waals surface area contributed by atoms with Crippen molar-refractivity contribution in [3.8, 4) is 0 Å². The van der Waals surface area contributed by atoms with Gasteiger partial charge in [-0.05, 0) is 50.7 Å². The number of carbonyl (C=O) groups is 1. The van der Waals surface area contributed by atoms with Crippen LogP contribution in [0.4, 0.5) is 0 Å². The number of rotatable bonds is 4. The first kappa shape index (κ1) is 16.2. The summed E-state index contributed by atoms with van der Waals surface area (Å²) in [6.45, 7) is 3.51. The second-order valence-electron chi connectivity index (χ2n) is 7.13. The molecular formula is C19H25N5O. The number of fused-ring (bicyclic) bond motifs is 2. The van der Waals surface area contributed by atoms with Gasteiger partial charge in [-0.15, -0.1) is 0 Å². The fourth-order valence-corrected chi connectivity index (χ4v) is 3.99. The maximum Gasteiger partial charge on any atom is 0.223 e. The van der Waals surface area contributed by atoms with Crippen LogP contribution in [0.2, 0.25) is 0 Å². The second-order valence-corrected chi connectivity index (χ2v) is 7.13. The number of aryl methyl sites for hydroxylation is 3. The van der Waals surface area contributed by atoms with Crippen molar-refractivity contribution in [2.75, 3.05) is 6.54 Å². The number of hydrogen-bond donors (Lipinski definition) is 1. The monoisotopic (exact) mass is 339 g/mol. The highest BCUT2D eigenvalue weighted by atomic mass is 16.1. The lowest BCUT2D eigenvalue weighted by Crippen LogP contribution is -2.36.